The van der Waals surface area contributed by atoms with Crippen LogP contribution >= 0.6 is 34.9 Å². The molecular weight excluding hydrogens is 379 g/mol. The highest BCUT2D eigenvalue weighted by atomic mass is 32.2. The summed E-state index contributed by atoms with van der Waals surface area (Å²) in [7, 11) is 0. The second-order valence-corrected chi connectivity index (χ2v) is 7.99. The summed E-state index contributed by atoms with van der Waals surface area (Å²) in [5, 5.41) is 12.0. The topological polar surface area (TPSA) is 67.8 Å². The smallest absolute Gasteiger partial charge is 0.236 e. The fourth-order valence-electron chi connectivity index (χ4n) is 1.77. The molecule has 0 bridgehead atoms. The van der Waals surface area contributed by atoms with Crippen molar-refractivity contribution in [3.8, 4) is 0 Å². The van der Waals surface area contributed by atoms with Crippen molar-refractivity contribution in [3.05, 3.63) is 60.0 Å². The standard InChI is InChI=1S/C16H13FN4OS3/c17-12-6-4-11(5-7-12)9-24-16-21-20-15(25-16)19-13(22)10-23-14-3-1-2-8-18-14/h1-8H,9-10H2,(H,19,20,22). The van der Waals surface area contributed by atoms with Crippen molar-refractivity contribution >= 4 is 45.9 Å². The fourth-order valence-corrected chi connectivity index (χ4v) is 4.16. The number of amides is 1. The first kappa shape index (κ1) is 17.8. The van der Waals surface area contributed by atoms with Crippen LogP contribution in [0.3, 0.4) is 0 Å². The van der Waals surface area contributed by atoms with E-state index in [9.17, 15) is 9.18 Å². The monoisotopic (exact) mass is 392 g/mol. The predicted octanol–water partition coefficient (Wildman–Crippen LogP) is 4.10. The molecule has 0 saturated heterocycles. The number of thioether (sulfide) groups is 2. The molecule has 0 aliphatic carbocycles. The molecular formula is C16H13FN4OS3. The van der Waals surface area contributed by atoms with E-state index in [0.29, 0.717) is 10.9 Å². The maximum absolute atomic E-state index is 12.9. The molecule has 0 saturated carbocycles. The van der Waals surface area contributed by atoms with Gasteiger partial charge in [-0.25, -0.2) is 9.37 Å². The van der Waals surface area contributed by atoms with Crippen LogP contribution in [-0.2, 0) is 10.5 Å². The number of carbonyl (C=O) groups excluding carboxylic acids is 1. The van der Waals surface area contributed by atoms with Crippen LogP contribution in [-0.4, -0.2) is 26.8 Å². The number of benzene rings is 1. The highest BCUT2D eigenvalue weighted by Gasteiger charge is 2.09. The molecule has 2 aromatic heterocycles. The van der Waals surface area contributed by atoms with Crippen LogP contribution in [0.2, 0.25) is 0 Å². The Morgan fingerprint density at radius 1 is 1.12 bits per heavy atom. The molecule has 0 atom stereocenters. The minimum atomic E-state index is -0.252. The van der Waals surface area contributed by atoms with Crippen LogP contribution in [0.5, 0.6) is 0 Å². The largest absolute Gasteiger partial charge is 0.300 e. The van der Waals surface area contributed by atoms with Gasteiger partial charge in [-0.1, -0.05) is 53.1 Å². The van der Waals surface area contributed by atoms with Gasteiger partial charge in [0.2, 0.25) is 11.0 Å². The lowest BCUT2D eigenvalue weighted by atomic mass is 10.2. The second-order valence-electron chi connectivity index (χ2n) is 4.79. The van der Waals surface area contributed by atoms with E-state index in [1.807, 2.05) is 18.2 Å². The Bertz CT molecular complexity index is 827. The maximum atomic E-state index is 12.9. The van der Waals surface area contributed by atoms with E-state index in [4.69, 9.17) is 0 Å². The molecule has 0 unspecified atom stereocenters. The van der Waals surface area contributed by atoms with E-state index in [-0.39, 0.29) is 17.5 Å². The zero-order valence-electron chi connectivity index (χ0n) is 12.9. The average Bonchev–Trinajstić information content (AvgIpc) is 3.08. The SMILES string of the molecule is O=C(CSc1ccccn1)Nc1nnc(SCc2ccc(F)cc2)s1. The zero-order valence-corrected chi connectivity index (χ0v) is 15.3. The summed E-state index contributed by atoms with van der Waals surface area (Å²) in [6, 6.07) is 11.9. The van der Waals surface area contributed by atoms with Crippen LogP contribution in [0, 0.1) is 5.82 Å². The summed E-state index contributed by atoms with van der Waals surface area (Å²) in [4.78, 5) is 16.1. The number of pyridine rings is 1. The third-order valence-electron chi connectivity index (χ3n) is 2.92. The molecule has 9 heteroatoms. The van der Waals surface area contributed by atoms with E-state index < -0.39 is 0 Å². The molecule has 25 heavy (non-hydrogen) atoms. The second kappa shape index (κ2) is 8.93. The van der Waals surface area contributed by atoms with Crippen LogP contribution in [0.1, 0.15) is 5.56 Å². The minimum Gasteiger partial charge on any atom is -0.300 e. The van der Waals surface area contributed by atoms with Gasteiger partial charge >= 0.3 is 0 Å². The van der Waals surface area contributed by atoms with Crippen molar-refractivity contribution in [2.75, 3.05) is 11.1 Å². The highest BCUT2D eigenvalue weighted by molar-refractivity contribution is 8.00. The number of nitrogens with one attached hydrogen (secondary N) is 1. The first-order chi connectivity index (χ1) is 12.2. The van der Waals surface area contributed by atoms with Crippen LogP contribution in [0.15, 0.2) is 58.0 Å². The molecule has 5 nitrogen and oxygen atoms in total. The molecule has 2 heterocycles. The Hall–Kier alpha value is -1.97. The van der Waals surface area contributed by atoms with Gasteiger partial charge in [0.1, 0.15) is 5.82 Å². The number of hydrogen-bond donors (Lipinski definition) is 1. The van der Waals surface area contributed by atoms with E-state index >= 15 is 0 Å². The van der Waals surface area contributed by atoms with Crippen LogP contribution < -0.4 is 5.32 Å². The predicted molar refractivity (Wildman–Crippen MR) is 99.5 cm³/mol. The third kappa shape index (κ3) is 5.80. The van der Waals surface area contributed by atoms with Gasteiger partial charge in [-0.15, -0.1) is 10.2 Å². The Balaban J connectivity index is 1.46. The molecule has 1 aromatic carbocycles. The van der Waals surface area contributed by atoms with Gasteiger partial charge in [0.25, 0.3) is 0 Å². The van der Waals surface area contributed by atoms with E-state index in [1.165, 1.54) is 47.0 Å². The number of carbonyl (C=O) groups is 1. The van der Waals surface area contributed by atoms with Gasteiger partial charge in [-0.2, -0.15) is 0 Å². The normalized spacial score (nSPS) is 10.6. The Morgan fingerprint density at radius 3 is 2.72 bits per heavy atom. The molecule has 1 N–H and O–H groups in total. The van der Waals surface area contributed by atoms with Crippen molar-refractivity contribution in [1.29, 1.82) is 0 Å². The summed E-state index contributed by atoms with van der Waals surface area (Å²) < 4.78 is 13.6. The van der Waals surface area contributed by atoms with Crippen molar-refractivity contribution in [2.45, 2.75) is 15.1 Å². The molecule has 1 amide bonds. The Morgan fingerprint density at radius 2 is 1.96 bits per heavy atom. The van der Waals surface area contributed by atoms with Gasteiger partial charge in [-0.3, -0.25) is 10.1 Å². The van der Waals surface area contributed by atoms with Gasteiger partial charge < -0.3 is 0 Å². The molecule has 0 radical (unpaired) electrons. The van der Waals surface area contributed by atoms with Crippen molar-refractivity contribution in [1.82, 2.24) is 15.2 Å². The number of anilines is 1. The highest BCUT2D eigenvalue weighted by Crippen LogP contribution is 2.28. The van der Waals surface area contributed by atoms with E-state index in [0.717, 1.165) is 14.9 Å². The molecule has 0 aliphatic rings. The number of rotatable bonds is 7. The molecule has 0 fully saturated rings. The lowest BCUT2D eigenvalue weighted by molar-refractivity contribution is -0.113. The maximum Gasteiger partial charge on any atom is 0.236 e. The summed E-state index contributed by atoms with van der Waals surface area (Å²) in [5.41, 5.74) is 0.999. The van der Waals surface area contributed by atoms with Crippen molar-refractivity contribution in [3.63, 3.8) is 0 Å². The molecule has 3 aromatic rings. The third-order valence-corrected chi connectivity index (χ3v) is 5.90. The van der Waals surface area contributed by atoms with Crippen molar-refractivity contribution in [2.24, 2.45) is 0 Å². The van der Waals surface area contributed by atoms with E-state index in [1.54, 1.807) is 18.3 Å². The van der Waals surface area contributed by atoms with Gasteiger partial charge in [0, 0.05) is 11.9 Å². The number of nitrogens with zero attached hydrogens (tertiary/aromatic N) is 3. The molecule has 3 rings (SSSR count). The first-order valence-electron chi connectivity index (χ1n) is 7.23. The number of aromatic nitrogens is 3. The molecule has 0 aliphatic heterocycles. The lowest BCUT2D eigenvalue weighted by Gasteiger charge is -2.00. The summed E-state index contributed by atoms with van der Waals surface area (Å²) >= 11 is 4.17. The van der Waals surface area contributed by atoms with E-state index in [2.05, 4.69) is 20.5 Å². The number of halogens is 1. The number of hydrogen-bond acceptors (Lipinski definition) is 7. The minimum absolute atomic E-state index is 0.151. The fraction of sp³-hybridized carbons (Fsp3) is 0.125. The van der Waals surface area contributed by atoms with Gasteiger partial charge in [0.15, 0.2) is 4.34 Å². The Kier molecular flexibility index (Phi) is 6.37. The van der Waals surface area contributed by atoms with Crippen LogP contribution in [0.4, 0.5) is 9.52 Å². The molecule has 0 spiro atoms. The average molecular weight is 393 g/mol. The summed E-state index contributed by atoms with van der Waals surface area (Å²) in [6.07, 6.45) is 1.69. The molecule has 128 valence electrons. The quantitative estimate of drug-likeness (QED) is 0.482. The van der Waals surface area contributed by atoms with Crippen molar-refractivity contribution < 1.29 is 9.18 Å². The Labute approximate surface area is 156 Å². The van der Waals surface area contributed by atoms with Gasteiger partial charge in [-0.05, 0) is 29.8 Å². The lowest BCUT2D eigenvalue weighted by Crippen LogP contribution is -2.13. The van der Waals surface area contributed by atoms with Gasteiger partial charge in [0.05, 0.1) is 10.8 Å². The first-order valence-corrected chi connectivity index (χ1v) is 10.0. The summed E-state index contributed by atoms with van der Waals surface area (Å²) in [6.45, 7) is 0. The zero-order chi connectivity index (χ0) is 17.5. The summed E-state index contributed by atoms with van der Waals surface area (Å²) in [5.74, 6) is 0.521. The van der Waals surface area contributed by atoms with Crippen LogP contribution in [0.25, 0.3) is 0 Å².